The van der Waals surface area contributed by atoms with Gasteiger partial charge >= 0.3 is 0 Å². The molecule has 3 nitrogen and oxygen atoms in total. The van der Waals surface area contributed by atoms with Gasteiger partial charge in [0.25, 0.3) is 0 Å². The number of nitrogens with zero attached hydrogens (tertiary/aromatic N) is 2. The number of hydrogen-bond acceptors (Lipinski definition) is 2. The number of rotatable bonds is 5. The molecule has 1 aromatic rings. The molecule has 1 aliphatic carbocycles. The summed E-state index contributed by atoms with van der Waals surface area (Å²) in [4.78, 5) is 4.51. The van der Waals surface area contributed by atoms with Crippen molar-refractivity contribution in [1.82, 2.24) is 9.55 Å². The molecule has 3 heteroatoms. The zero-order valence-corrected chi connectivity index (χ0v) is 9.95. The van der Waals surface area contributed by atoms with Crippen molar-refractivity contribution in [3.8, 4) is 0 Å². The van der Waals surface area contributed by atoms with E-state index in [0.29, 0.717) is 0 Å². The van der Waals surface area contributed by atoms with E-state index in [1.807, 2.05) is 0 Å². The van der Waals surface area contributed by atoms with Gasteiger partial charge in [-0.3, -0.25) is 0 Å². The molecule has 1 saturated carbocycles. The molecule has 15 heavy (non-hydrogen) atoms. The van der Waals surface area contributed by atoms with Crippen LogP contribution in [0, 0.1) is 18.8 Å². The quantitative estimate of drug-likeness (QED) is 0.804. The van der Waals surface area contributed by atoms with Gasteiger partial charge in [-0.25, -0.2) is 4.98 Å². The molecule has 0 radical (unpaired) electrons. The SMILES string of the molecule is CCCNc1nc(C)cn1CC1CC1C. The highest BCUT2D eigenvalue weighted by Gasteiger charge is 2.33. The van der Waals surface area contributed by atoms with Crippen LogP contribution in [0.1, 0.15) is 32.4 Å². The van der Waals surface area contributed by atoms with Crippen LogP contribution < -0.4 is 5.32 Å². The minimum Gasteiger partial charge on any atom is -0.356 e. The Labute approximate surface area is 91.9 Å². The lowest BCUT2D eigenvalue weighted by Gasteiger charge is -2.08. The van der Waals surface area contributed by atoms with Crippen LogP contribution in [0.3, 0.4) is 0 Å². The Kier molecular flexibility index (Phi) is 2.98. The first-order valence-electron chi connectivity index (χ1n) is 5.98. The van der Waals surface area contributed by atoms with Crippen molar-refractivity contribution < 1.29 is 0 Å². The van der Waals surface area contributed by atoms with Gasteiger partial charge in [0.1, 0.15) is 0 Å². The molecule has 0 aromatic carbocycles. The number of hydrogen-bond donors (Lipinski definition) is 1. The Bertz CT molecular complexity index is 330. The third kappa shape index (κ3) is 2.52. The van der Waals surface area contributed by atoms with Crippen molar-refractivity contribution in [2.45, 2.75) is 40.2 Å². The molecule has 1 aromatic heterocycles. The highest BCUT2D eigenvalue weighted by molar-refractivity contribution is 5.28. The van der Waals surface area contributed by atoms with E-state index in [0.717, 1.165) is 43.0 Å². The third-order valence-corrected chi connectivity index (χ3v) is 3.14. The number of imidazole rings is 1. The van der Waals surface area contributed by atoms with Crippen LogP contribution in [-0.2, 0) is 6.54 Å². The lowest BCUT2D eigenvalue weighted by atomic mass is 10.3. The molecule has 1 fully saturated rings. The summed E-state index contributed by atoms with van der Waals surface area (Å²) in [5.41, 5.74) is 1.11. The van der Waals surface area contributed by atoms with Crippen molar-refractivity contribution in [3.63, 3.8) is 0 Å². The van der Waals surface area contributed by atoms with Crippen LogP contribution in [-0.4, -0.2) is 16.1 Å². The zero-order chi connectivity index (χ0) is 10.8. The van der Waals surface area contributed by atoms with Crippen molar-refractivity contribution in [2.75, 3.05) is 11.9 Å². The van der Waals surface area contributed by atoms with E-state index in [1.165, 1.54) is 6.42 Å². The number of aryl methyl sites for hydroxylation is 1. The first kappa shape index (κ1) is 10.5. The number of anilines is 1. The molecule has 0 bridgehead atoms. The van der Waals surface area contributed by atoms with E-state index in [-0.39, 0.29) is 0 Å². The Morgan fingerprint density at radius 3 is 2.93 bits per heavy atom. The van der Waals surface area contributed by atoms with Gasteiger partial charge < -0.3 is 9.88 Å². The van der Waals surface area contributed by atoms with Crippen LogP contribution in [0.5, 0.6) is 0 Å². The smallest absolute Gasteiger partial charge is 0.203 e. The summed E-state index contributed by atoms with van der Waals surface area (Å²) in [6.45, 7) is 8.71. The summed E-state index contributed by atoms with van der Waals surface area (Å²) in [5.74, 6) is 2.83. The normalized spacial score (nSPS) is 24.2. The van der Waals surface area contributed by atoms with E-state index in [1.54, 1.807) is 0 Å². The maximum Gasteiger partial charge on any atom is 0.203 e. The first-order valence-corrected chi connectivity index (χ1v) is 5.98. The second kappa shape index (κ2) is 4.25. The molecule has 0 spiro atoms. The van der Waals surface area contributed by atoms with Gasteiger partial charge in [0.15, 0.2) is 0 Å². The fraction of sp³-hybridized carbons (Fsp3) is 0.750. The van der Waals surface area contributed by atoms with Crippen LogP contribution in [0.25, 0.3) is 0 Å². The lowest BCUT2D eigenvalue weighted by molar-refractivity contribution is 0.596. The maximum absolute atomic E-state index is 4.51. The monoisotopic (exact) mass is 207 g/mol. The van der Waals surface area contributed by atoms with Crippen LogP contribution in [0.2, 0.25) is 0 Å². The van der Waals surface area contributed by atoms with Crippen LogP contribution in [0.15, 0.2) is 6.20 Å². The van der Waals surface area contributed by atoms with E-state index in [4.69, 9.17) is 0 Å². The summed E-state index contributed by atoms with van der Waals surface area (Å²) in [7, 11) is 0. The Balaban J connectivity index is 2.00. The molecule has 2 atom stereocenters. The van der Waals surface area contributed by atoms with Gasteiger partial charge in [-0.1, -0.05) is 13.8 Å². The van der Waals surface area contributed by atoms with Gasteiger partial charge in [-0.05, 0) is 31.6 Å². The summed E-state index contributed by atoms with van der Waals surface area (Å²) in [5, 5.41) is 3.38. The first-order chi connectivity index (χ1) is 7.20. The molecular weight excluding hydrogens is 186 g/mol. The van der Waals surface area contributed by atoms with E-state index >= 15 is 0 Å². The van der Waals surface area contributed by atoms with E-state index < -0.39 is 0 Å². The second-order valence-electron chi connectivity index (χ2n) is 4.76. The summed E-state index contributed by atoms with van der Waals surface area (Å²) in [6, 6.07) is 0. The van der Waals surface area contributed by atoms with Gasteiger partial charge in [0.05, 0.1) is 5.69 Å². The van der Waals surface area contributed by atoms with Crippen LogP contribution >= 0.6 is 0 Å². The highest BCUT2D eigenvalue weighted by atomic mass is 15.2. The number of nitrogens with one attached hydrogen (secondary N) is 1. The van der Waals surface area contributed by atoms with Gasteiger partial charge in [0.2, 0.25) is 5.95 Å². The molecule has 2 rings (SSSR count). The maximum atomic E-state index is 4.51. The summed E-state index contributed by atoms with van der Waals surface area (Å²) in [6.07, 6.45) is 4.68. The Hall–Kier alpha value is -0.990. The highest BCUT2D eigenvalue weighted by Crippen LogP contribution is 2.39. The lowest BCUT2D eigenvalue weighted by Crippen LogP contribution is -2.09. The Morgan fingerprint density at radius 1 is 1.60 bits per heavy atom. The van der Waals surface area contributed by atoms with Crippen molar-refractivity contribution in [3.05, 3.63) is 11.9 Å². The summed E-state index contributed by atoms with van der Waals surface area (Å²) < 4.78 is 2.28. The standard InChI is InChI=1S/C12H21N3/c1-4-5-13-12-14-10(3)7-15(12)8-11-6-9(11)2/h7,9,11H,4-6,8H2,1-3H3,(H,13,14). The third-order valence-electron chi connectivity index (χ3n) is 3.14. The second-order valence-corrected chi connectivity index (χ2v) is 4.76. The molecule has 1 aliphatic rings. The average Bonchev–Trinajstić information content (AvgIpc) is 2.74. The molecule has 2 unspecified atom stereocenters. The number of aromatic nitrogens is 2. The van der Waals surface area contributed by atoms with Gasteiger partial charge in [0, 0.05) is 19.3 Å². The molecule has 1 N–H and O–H groups in total. The zero-order valence-electron chi connectivity index (χ0n) is 9.95. The average molecular weight is 207 g/mol. The fourth-order valence-corrected chi connectivity index (χ4v) is 1.97. The van der Waals surface area contributed by atoms with Crippen molar-refractivity contribution in [2.24, 2.45) is 11.8 Å². The molecule has 0 aliphatic heterocycles. The minimum absolute atomic E-state index is 0.876. The van der Waals surface area contributed by atoms with E-state index in [2.05, 4.69) is 41.8 Å². The molecule has 1 heterocycles. The van der Waals surface area contributed by atoms with Crippen molar-refractivity contribution >= 4 is 5.95 Å². The largest absolute Gasteiger partial charge is 0.356 e. The fourth-order valence-electron chi connectivity index (χ4n) is 1.97. The van der Waals surface area contributed by atoms with Crippen LogP contribution in [0.4, 0.5) is 5.95 Å². The molecular formula is C12H21N3. The molecule has 84 valence electrons. The van der Waals surface area contributed by atoms with Gasteiger partial charge in [-0.2, -0.15) is 0 Å². The Morgan fingerprint density at radius 2 is 2.33 bits per heavy atom. The molecule has 0 amide bonds. The van der Waals surface area contributed by atoms with Crippen molar-refractivity contribution in [1.29, 1.82) is 0 Å². The summed E-state index contributed by atoms with van der Waals surface area (Å²) >= 11 is 0. The predicted octanol–water partition coefficient (Wildman–Crippen LogP) is 2.67. The van der Waals surface area contributed by atoms with E-state index in [9.17, 15) is 0 Å². The minimum atomic E-state index is 0.876. The topological polar surface area (TPSA) is 29.9 Å². The predicted molar refractivity (Wildman–Crippen MR) is 63.0 cm³/mol. The molecule has 0 saturated heterocycles. The van der Waals surface area contributed by atoms with Gasteiger partial charge in [-0.15, -0.1) is 0 Å².